The molecule has 1 atom stereocenters. The maximum absolute atomic E-state index is 11.9. The van der Waals surface area contributed by atoms with Crippen LogP contribution in [0, 0.1) is 12.3 Å². The number of hydrogen-bond acceptors (Lipinski definition) is 3. The van der Waals surface area contributed by atoms with E-state index in [2.05, 4.69) is 11.2 Å². The summed E-state index contributed by atoms with van der Waals surface area (Å²) in [6, 6.07) is 0.207. The Balaban J connectivity index is 2.46. The van der Waals surface area contributed by atoms with Gasteiger partial charge in [-0.05, 0) is 33.6 Å². The van der Waals surface area contributed by atoms with Crippen LogP contribution >= 0.6 is 0 Å². The van der Waals surface area contributed by atoms with Gasteiger partial charge < -0.3 is 15.0 Å². The Bertz CT molecular complexity index is 302. The zero-order chi connectivity index (χ0) is 12.9. The van der Waals surface area contributed by atoms with Gasteiger partial charge >= 0.3 is 6.09 Å². The molecule has 0 radical (unpaired) electrons. The van der Waals surface area contributed by atoms with Gasteiger partial charge in [0.05, 0.1) is 6.54 Å². The average Bonchev–Trinajstić information content (AvgIpc) is 2.64. The van der Waals surface area contributed by atoms with Crippen LogP contribution in [0.5, 0.6) is 0 Å². The van der Waals surface area contributed by atoms with Crippen molar-refractivity contribution >= 4 is 6.09 Å². The quantitative estimate of drug-likeness (QED) is 0.600. The Kier molecular flexibility index (Phi) is 4.83. The smallest absolute Gasteiger partial charge is 0.410 e. The zero-order valence-electron chi connectivity index (χ0n) is 11.0. The molecule has 4 heteroatoms. The molecular formula is C13H22N2O2. The molecule has 0 spiro atoms. The van der Waals surface area contributed by atoms with E-state index in [0.717, 1.165) is 25.9 Å². The van der Waals surface area contributed by atoms with E-state index in [1.165, 1.54) is 0 Å². The fourth-order valence-corrected chi connectivity index (χ4v) is 1.92. The van der Waals surface area contributed by atoms with E-state index >= 15 is 0 Å². The summed E-state index contributed by atoms with van der Waals surface area (Å²) in [5, 5.41) is 3.14. The van der Waals surface area contributed by atoms with Gasteiger partial charge in [-0.1, -0.05) is 5.92 Å². The summed E-state index contributed by atoms with van der Waals surface area (Å²) in [7, 11) is 0. The lowest BCUT2D eigenvalue weighted by atomic mass is 10.2. The fraction of sp³-hybridized carbons (Fsp3) is 0.769. The van der Waals surface area contributed by atoms with Crippen LogP contribution in [0.2, 0.25) is 0 Å². The second-order valence-corrected chi connectivity index (χ2v) is 5.30. The van der Waals surface area contributed by atoms with Gasteiger partial charge in [-0.3, -0.25) is 0 Å². The molecule has 1 aliphatic rings. The van der Waals surface area contributed by atoms with Crippen molar-refractivity contribution in [1.29, 1.82) is 0 Å². The van der Waals surface area contributed by atoms with Gasteiger partial charge in [-0.25, -0.2) is 4.79 Å². The predicted octanol–water partition coefficient (Wildman–Crippen LogP) is 1.61. The van der Waals surface area contributed by atoms with Gasteiger partial charge in [0.2, 0.25) is 0 Å². The van der Waals surface area contributed by atoms with Crippen molar-refractivity contribution in [2.45, 2.75) is 45.3 Å². The van der Waals surface area contributed by atoms with Crippen molar-refractivity contribution in [3.05, 3.63) is 0 Å². The minimum absolute atomic E-state index is 0.207. The SMILES string of the molecule is C#CCNC[C@@H]1CCCN1C(=O)OC(C)(C)C. The van der Waals surface area contributed by atoms with Gasteiger partial charge in [0.15, 0.2) is 0 Å². The molecule has 1 saturated heterocycles. The summed E-state index contributed by atoms with van der Waals surface area (Å²) in [5.74, 6) is 2.53. The van der Waals surface area contributed by atoms with Gasteiger partial charge in [-0.2, -0.15) is 0 Å². The third-order valence-corrected chi connectivity index (χ3v) is 2.61. The molecule has 0 aromatic carbocycles. The van der Waals surface area contributed by atoms with E-state index < -0.39 is 5.60 Å². The molecule has 1 N–H and O–H groups in total. The minimum Gasteiger partial charge on any atom is -0.444 e. The van der Waals surface area contributed by atoms with E-state index in [1.54, 1.807) is 4.90 Å². The van der Waals surface area contributed by atoms with Crippen LogP contribution in [0.15, 0.2) is 0 Å². The van der Waals surface area contributed by atoms with Crippen LogP contribution in [0.1, 0.15) is 33.6 Å². The number of nitrogens with one attached hydrogen (secondary N) is 1. The van der Waals surface area contributed by atoms with Crippen molar-refractivity contribution in [2.24, 2.45) is 0 Å². The molecule has 1 heterocycles. The molecule has 1 amide bonds. The number of amides is 1. The molecule has 1 fully saturated rings. The highest BCUT2D eigenvalue weighted by atomic mass is 16.6. The average molecular weight is 238 g/mol. The Morgan fingerprint density at radius 2 is 2.29 bits per heavy atom. The minimum atomic E-state index is -0.434. The first-order valence-electron chi connectivity index (χ1n) is 6.08. The van der Waals surface area contributed by atoms with Crippen molar-refractivity contribution in [1.82, 2.24) is 10.2 Å². The third kappa shape index (κ3) is 4.66. The van der Waals surface area contributed by atoms with Crippen molar-refractivity contribution in [3.8, 4) is 12.3 Å². The maximum atomic E-state index is 11.9. The number of hydrogen-bond donors (Lipinski definition) is 1. The second-order valence-electron chi connectivity index (χ2n) is 5.30. The summed E-state index contributed by atoms with van der Waals surface area (Å²) >= 11 is 0. The number of likely N-dealkylation sites (tertiary alicyclic amines) is 1. The molecule has 0 unspecified atom stereocenters. The number of terminal acetylenes is 1. The zero-order valence-corrected chi connectivity index (χ0v) is 11.0. The fourth-order valence-electron chi connectivity index (χ4n) is 1.92. The monoisotopic (exact) mass is 238 g/mol. The van der Waals surface area contributed by atoms with Crippen LogP contribution < -0.4 is 5.32 Å². The van der Waals surface area contributed by atoms with Crippen LogP contribution in [0.3, 0.4) is 0 Å². The van der Waals surface area contributed by atoms with Gasteiger partial charge in [0.25, 0.3) is 0 Å². The maximum Gasteiger partial charge on any atom is 0.410 e. The lowest BCUT2D eigenvalue weighted by Crippen LogP contribution is -2.44. The topological polar surface area (TPSA) is 41.6 Å². The largest absolute Gasteiger partial charge is 0.444 e. The number of rotatable bonds is 3. The van der Waals surface area contributed by atoms with E-state index in [4.69, 9.17) is 11.2 Å². The van der Waals surface area contributed by atoms with Crippen LogP contribution in [-0.4, -0.2) is 42.3 Å². The molecule has 96 valence electrons. The second kappa shape index (κ2) is 5.92. The highest BCUT2D eigenvalue weighted by Gasteiger charge is 2.31. The molecule has 0 aromatic heterocycles. The van der Waals surface area contributed by atoms with Crippen LogP contribution in [-0.2, 0) is 4.74 Å². The van der Waals surface area contributed by atoms with Gasteiger partial charge in [0, 0.05) is 19.1 Å². The number of nitrogens with zero attached hydrogens (tertiary/aromatic N) is 1. The predicted molar refractivity (Wildman–Crippen MR) is 67.7 cm³/mol. The molecule has 0 bridgehead atoms. The lowest BCUT2D eigenvalue weighted by Gasteiger charge is -2.28. The number of carbonyl (C=O) groups is 1. The molecule has 1 aliphatic heterocycles. The normalized spacial score (nSPS) is 20.1. The highest BCUT2D eigenvalue weighted by molar-refractivity contribution is 5.69. The summed E-state index contributed by atoms with van der Waals surface area (Å²) in [6.45, 7) is 7.70. The lowest BCUT2D eigenvalue weighted by molar-refractivity contribution is 0.0227. The summed E-state index contributed by atoms with van der Waals surface area (Å²) in [5.41, 5.74) is -0.434. The summed E-state index contributed by atoms with van der Waals surface area (Å²) in [6.07, 6.45) is 6.99. The summed E-state index contributed by atoms with van der Waals surface area (Å²) in [4.78, 5) is 13.7. The number of carbonyl (C=O) groups excluding carboxylic acids is 1. The first-order valence-corrected chi connectivity index (χ1v) is 6.08. The molecule has 1 rings (SSSR count). The Labute approximate surface area is 104 Å². The first kappa shape index (κ1) is 13.9. The van der Waals surface area contributed by atoms with Gasteiger partial charge in [-0.15, -0.1) is 6.42 Å². The molecule has 0 aliphatic carbocycles. The van der Waals surface area contributed by atoms with Crippen molar-refractivity contribution < 1.29 is 9.53 Å². The summed E-state index contributed by atoms with van der Waals surface area (Å²) < 4.78 is 5.38. The van der Waals surface area contributed by atoms with Crippen molar-refractivity contribution in [2.75, 3.05) is 19.6 Å². The Hall–Kier alpha value is -1.21. The molecule has 0 saturated carbocycles. The molecule has 4 nitrogen and oxygen atoms in total. The van der Waals surface area contributed by atoms with Gasteiger partial charge in [0.1, 0.15) is 5.60 Å². The first-order chi connectivity index (χ1) is 7.94. The Morgan fingerprint density at radius 1 is 1.59 bits per heavy atom. The van der Waals surface area contributed by atoms with Crippen molar-refractivity contribution in [3.63, 3.8) is 0 Å². The van der Waals surface area contributed by atoms with E-state index in [9.17, 15) is 4.79 Å². The van der Waals surface area contributed by atoms with Crippen LogP contribution in [0.4, 0.5) is 4.79 Å². The number of ether oxygens (including phenoxy) is 1. The molecule has 17 heavy (non-hydrogen) atoms. The van der Waals surface area contributed by atoms with E-state index in [1.807, 2.05) is 20.8 Å². The van der Waals surface area contributed by atoms with E-state index in [0.29, 0.717) is 6.54 Å². The highest BCUT2D eigenvalue weighted by Crippen LogP contribution is 2.20. The van der Waals surface area contributed by atoms with E-state index in [-0.39, 0.29) is 12.1 Å². The molecular weight excluding hydrogens is 216 g/mol. The third-order valence-electron chi connectivity index (χ3n) is 2.61. The Morgan fingerprint density at radius 3 is 2.88 bits per heavy atom. The van der Waals surface area contributed by atoms with Crippen LogP contribution in [0.25, 0.3) is 0 Å². The standard InChI is InChI=1S/C13H22N2O2/c1-5-8-14-10-11-7-6-9-15(11)12(16)17-13(2,3)4/h1,11,14H,6-10H2,2-4H3/t11-/m0/s1. The molecule has 0 aromatic rings.